The number of carboxylic acid groups (broad SMARTS) is 1. The normalized spacial score (nSPS) is 31.4. The standard InChI is InChI=1S/C14H24N2O3/c1-15-8-10-3-2-6-16(9-10)13(17)11-4-5-12(7-11)14(18)19/h10-12,15H,2-9H2,1H3,(H,18,19). The molecule has 1 amide bonds. The molecular formula is C14H24N2O3. The van der Waals surface area contributed by atoms with Gasteiger partial charge in [-0.15, -0.1) is 0 Å². The van der Waals surface area contributed by atoms with Crippen LogP contribution in [0.4, 0.5) is 0 Å². The van der Waals surface area contributed by atoms with Gasteiger partial charge in [-0.2, -0.15) is 0 Å². The summed E-state index contributed by atoms with van der Waals surface area (Å²) >= 11 is 0. The predicted molar refractivity (Wildman–Crippen MR) is 71.7 cm³/mol. The first-order chi connectivity index (χ1) is 9.11. The van der Waals surface area contributed by atoms with Gasteiger partial charge in [0.2, 0.25) is 5.91 Å². The number of carbonyl (C=O) groups is 2. The Hall–Kier alpha value is -1.10. The number of carboxylic acids is 1. The summed E-state index contributed by atoms with van der Waals surface area (Å²) in [5.74, 6) is -0.396. The molecule has 0 bridgehead atoms. The zero-order valence-corrected chi connectivity index (χ0v) is 11.6. The number of likely N-dealkylation sites (tertiary alicyclic amines) is 1. The summed E-state index contributed by atoms with van der Waals surface area (Å²) in [7, 11) is 1.94. The number of aliphatic carboxylic acids is 1. The van der Waals surface area contributed by atoms with E-state index in [2.05, 4.69) is 5.32 Å². The van der Waals surface area contributed by atoms with Crippen LogP contribution in [0.5, 0.6) is 0 Å². The molecular weight excluding hydrogens is 244 g/mol. The summed E-state index contributed by atoms with van der Waals surface area (Å²) in [4.78, 5) is 25.3. The van der Waals surface area contributed by atoms with Gasteiger partial charge >= 0.3 is 5.97 Å². The third kappa shape index (κ3) is 3.47. The summed E-state index contributed by atoms with van der Waals surface area (Å²) in [5, 5.41) is 12.2. The Balaban J connectivity index is 1.87. The molecule has 108 valence electrons. The fraction of sp³-hybridized carbons (Fsp3) is 0.857. The van der Waals surface area contributed by atoms with E-state index in [-0.39, 0.29) is 17.7 Å². The molecule has 2 fully saturated rings. The van der Waals surface area contributed by atoms with Gasteiger partial charge in [-0.05, 0) is 51.6 Å². The maximum atomic E-state index is 12.4. The van der Waals surface area contributed by atoms with Crippen LogP contribution in [-0.2, 0) is 9.59 Å². The Morgan fingerprint density at radius 3 is 2.63 bits per heavy atom. The first kappa shape index (κ1) is 14.3. The van der Waals surface area contributed by atoms with E-state index in [0.717, 1.165) is 32.5 Å². The number of hydrogen-bond acceptors (Lipinski definition) is 3. The summed E-state index contributed by atoms with van der Waals surface area (Å²) in [6.07, 6.45) is 4.16. The quantitative estimate of drug-likeness (QED) is 0.796. The van der Waals surface area contributed by atoms with E-state index in [4.69, 9.17) is 5.11 Å². The Morgan fingerprint density at radius 1 is 1.26 bits per heavy atom. The van der Waals surface area contributed by atoms with Gasteiger partial charge in [-0.3, -0.25) is 9.59 Å². The number of rotatable bonds is 4. The van der Waals surface area contributed by atoms with Gasteiger partial charge < -0.3 is 15.3 Å². The molecule has 3 unspecified atom stereocenters. The van der Waals surface area contributed by atoms with Crippen molar-refractivity contribution in [3.8, 4) is 0 Å². The number of nitrogens with one attached hydrogen (secondary N) is 1. The first-order valence-corrected chi connectivity index (χ1v) is 7.28. The highest BCUT2D eigenvalue weighted by atomic mass is 16.4. The summed E-state index contributed by atoms with van der Waals surface area (Å²) < 4.78 is 0. The third-order valence-electron chi connectivity index (χ3n) is 4.45. The molecule has 0 aromatic rings. The fourth-order valence-corrected chi connectivity index (χ4v) is 3.41. The zero-order chi connectivity index (χ0) is 13.8. The first-order valence-electron chi connectivity index (χ1n) is 7.28. The minimum absolute atomic E-state index is 0.0607. The summed E-state index contributed by atoms with van der Waals surface area (Å²) in [6.45, 7) is 2.62. The maximum absolute atomic E-state index is 12.4. The molecule has 3 atom stereocenters. The number of nitrogens with zero attached hydrogens (tertiary/aromatic N) is 1. The highest BCUT2D eigenvalue weighted by molar-refractivity contribution is 5.81. The minimum atomic E-state index is -0.748. The van der Waals surface area contributed by atoms with Crippen molar-refractivity contribution >= 4 is 11.9 Å². The summed E-state index contributed by atoms with van der Waals surface area (Å²) in [6, 6.07) is 0. The molecule has 0 aromatic heterocycles. The van der Waals surface area contributed by atoms with E-state index in [0.29, 0.717) is 18.8 Å². The average Bonchev–Trinajstić information content (AvgIpc) is 2.88. The van der Waals surface area contributed by atoms with Gasteiger partial charge in [0, 0.05) is 19.0 Å². The van der Waals surface area contributed by atoms with Gasteiger partial charge in [0.15, 0.2) is 0 Å². The topological polar surface area (TPSA) is 69.6 Å². The van der Waals surface area contributed by atoms with Gasteiger partial charge in [-0.1, -0.05) is 0 Å². The molecule has 2 rings (SSSR count). The van der Waals surface area contributed by atoms with Gasteiger partial charge in [0.1, 0.15) is 0 Å². The average molecular weight is 268 g/mol. The van der Waals surface area contributed by atoms with Crippen LogP contribution in [0.25, 0.3) is 0 Å². The highest BCUT2D eigenvalue weighted by Crippen LogP contribution is 2.33. The van der Waals surface area contributed by atoms with E-state index >= 15 is 0 Å². The molecule has 2 aliphatic rings. The minimum Gasteiger partial charge on any atom is -0.481 e. The van der Waals surface area contributed by atoms with Crippen molar-refractivity contribution in [2.24, 2.45) is 17.8 Å². The summed E-state index contributed by atoms with van der Waals surface area (Å²) in [5.41, 5.74) is 0. The Bertz CT molecular complexity index is 344. The smallest absolute Gasteiger partial charge is 0.306 e. The SMILES string of the molecule is CNCC1CCCN(C(=O)C2CCC(C(=O)O)C2)C1. The van der Waals surface area contributed by atoms with Crippen molar-refractivity contribution in [3.05, 3.63) is 0 Å². The number of amides is 1. The van der Waals surface area contributed by atoms with E-state index < -0.39 is 5.97 Å². The van der Waals surface area contributed by atoms with E-state index in [1.54, 1.807) is 0 Å². The van der Waals surface area contributed by atoms with Crippen molar-refractivity contribution in [3.63, 3.8) is 0 Å². The van der Waals surface area contributed by atoms with Gasteiger partial charge in [0.25, 0.3) is 0 Å². The van der Waals surface area contributed by atoms with Gasteiger partial charge in [0.05, 0.1) is 5.92 Å². The Kier molecular flexibility index (Phi) is 4.80. The fourth-order valence-electron chi connectivity index (χ4n) is 3.41. The Labute approximate surface area is 114 Å². The van der Waals surface area contributed by atoms with Crippen molar-refractivity contribution in [1.82, 2.24) is 10.2 Å². The van der Waals surface area contributed by atoms with Crippen LogP contribution in [0, 0.1) is 17.8 Å². The molecule has 1 aliphatic heterocycles. The lowest BCUT2D eigenvalue weighted by Crippen LogP contribution is -2.44. The van der Waals surface area contributed by atoms with Crippen LogP contribution in [0.15, 0.2) is 0 Å². The predicted octanol–water partition coefficient (Wildman–Crippen LogP) is 0.945. The van der Waals surface area contributed by atoms with E-state index in [1.165, 1.54) is 6.42 Å². The highest BCUT2D eigenvalue weighted by Gasteiger charge is 2.36. The van der Waals surface area contributed by atoms with Crippen molar-refractivity contribution in [2.75, 3.05) is 26.7 Å². The monoisotopic (exact) mass is 268 g/mol. The van der Waals surface area contributed by atoms with Crippen LogP contribution < -0.4 is 5.32 Å². The molecule has 5 heteroatoms. The maximum Gasteiger partial charge on any atom is 0.306 e. The molecule has 1 heterocycles. The molecule has 1 saturated heterocycles. The van der Waals surface area contributed by atoms with Crippen molar-refractivity contribution in [2.45, 2.75) is 32.1 Å². The lowest BCUT2D eigenvalue weighted by atomic mass is 9.95. The molecule has 1 aliphatic carbocycles. The van der Waals surface area contributed by atoms with Crippen LogP contribution in [0.1, 0.15) is 32.1 Å². The zero-order valence-electron chi connectivity index (χ0n) is 11.6. The molecule has 5 nitrogen and oxygen atoms in total. The largest absolute Gasteiger partial charge is 0.481 e. The van der Waals surface area contributed by atoms with Crippen LogP contribution >= 0.6 is 0 Å². The van der Waals surface area contributed by atoms with E-state index in [1.807, 2.05) is 11.9 Å². The van der Waals surface area contributed by atoms with Crippen molar-refractivity contribution in [1.29, 1.82) is 0 Å². The second kappa shape index (κ2) is 6.37. The number of hydrogen-bond donors (Lipinski definition) is 2. The van der Waals surface area contributed by atoms with Crippen LogP contribution in [0.2, 0.25) is 0 Å². The second-order valence-electron chi connectivity index (χ2n) is 5.90. The van der Waals surface area contributed by atoms with Gasteiger partial charge in [-0.25, -0.2) is 0 Å². The lowest BCUT2D eigenvalue weighted by Gasteiger charge is -2.34. The van der Waals surface area contributed by atoms with Crippen LogP contribution in [0.3, 0.4) is 0 Å². The number of carbonyl (C=O) groups excluding carboxylic acids is 1. The number of piperidine rings is 1. The molecule has 0 spiro atoms. The Morgan fingerprint density at radius 2 is 2.00 bits per heavy atom. The van der Waals surface area contributed by atoms with E-state index in [9.17, 15) is 9.59 Å². The third-order valence-corrected chi connectivity index (χ3v) is 4.45. The lowest BCUT2D eigenvalue weighted by molar-refractivity contribution is -0.142. The molecule has 0 aromatic carbocycles. The van der Waals surface area contributed by atoms with Crippen molar-refractivity contribution < 1.29 is 14.7 Å². The molecule has 0 radical (unpaired) electrons. The van der Waals surface area contributed by atoms with Crippen LogP contribution in [-0.4, -0.2) is 48.6 Å². The molecule has 1 saturated carbocycles. The second-order valence-corrected chi connectivity index (χ2v) is 5.90. The molecule has 2 N–H and O–H groups in total. The molecule has 19 heavy (non-hydrogen) atoms.